The molecule has 1 aromatic rings. The SMILES string of the molecule is CCOc1ccccc1CCC(=O)N1CCCC1C(=O)O. The summed E-state index contributed by atoms with van der Waals surface area (Å²) in [5, 5.41) is 9.12. The minimum atomic E-state index is -0.907. The van der Waals surface area contributed by atoms with Gasteiger partial charge in [-0.25, -0.2) is 4.79 Å². The molecule has 0 bridgehead atoms. The highest BCUT2D eigenvalue weighted by atomic mass is 16.5. The van der Waals surface area contributed by atoms with Crippen LogP contribution in [-0.4, -0.2) is 41.1 Å². The molecule has 1 saturated heterocycles. The van der Waals surface area contributed by atoms with Crippen LogP contribution in [0.3, 0.4) is 0 Å². The average Bonchev–Trinajstić information content (AvgIpc) is 2.96. The van der Waals surface area contributed by atoms with E-state index in [4.69, 9.17) is 9.84 Å². The third kappa shape index (κ3) is 3.74. The first-order valence-electron chi connectivity index (χ1n) is 7.36. The van der Waals surface area contributed by atoms with Gasteiger partial charge in [0.15, 0.2) is 0 Å². The van der Waals surface area contributed by atoms with Crippen molar-refractivity contribution < 1.29 is 19.4 Å². The third-order valence-electron chi connectivity index (χ3n) is 3.74. The summed E-state index contributed by atoms with van der Waals surface area (Å²) in [4.78, 5) is 24.8. The van der Waals surface area contributed by atoms with E-state index in [-0.39, 0.29) is 5.91 Å². The lowest BCUT2D eigenvalue weighted by Crippen LogP contribution is -2.40. The number of hydrogen-bond donors (Lipinski definition) is 1. The second-order valence-electron chi connectivity index (χ2n) is 5.12. The largest absolute Gasteiger partial charge is 0.494 e. The number of hydrogen-bond acceptors (Lipinski definition) is 3. The van der Waals surface area contributed by atoms with Gasteiger partial charge in [0.05, 0.1) is 6.61 Å². The molecule has 0 aliphatic carbocycles. The lowest BCUT2D eigenvalue weighted by atomic mass is 10.1. The van der Waals surface area contributed by atoms with Crippen LogP contribution in [0.1, 0.15) is 31.7 Å². The summed E-state index contributed by atoms with van der Waals surface area (Å²) in [6, 6.07) is 6.99. The molecule has 1 atom stereocenters. The standard InChI is InChI=1S/C16H21NO4/c1-2-21-14-8-4-3-6-12(14)9-10-15(18)17-11-5-7-13(17)16(19)20/h3-4,6,8,13H,2,5,7,9-11H2,1H3,(H,19,20). The molecule has 0 saturated carbocycles. The third-order valence-corrected chi connectivity index (χ3v) is 3.74. The first kappa shape index (κ1) is 15.4. The van der Waals surface area contributed by atoms with Crippen LogP contribution in [0.2, 0.25) is 0 Å². The van der Waals surface area contributed by atoms with E-state index in [2.05, 4.69) is 0 Å². The molecule has 0 aromatic heterocycles. The van der Waals surface area contributed by atoms with E-state index in [0.717, 1.165) is 17.7 Å². The molecule has 1 aromatic carbocycles. The first-order valence-corrected chi connectivity index (χ1v) is 7.36. The fraction of sp³-hybridized carbons (Fsp3) is 0.500. The number of rotatable bonds is 6. The molecule has 0 radical (unpaired) electrons. The second-order valence-corrected chi connectivity index (χ2v) is 5.12. The average molecular weight is 291 g/mol. The molecule has 0 spiro atoms. The van der Waals surface area contributed by atoms with Crippen LogP contribution in [0.4, 0.5) is 0 Å². The summed E-state index contributed by atoms with van der Waals surface area (Å²) < 4.78 is 5.54. The van der Waals surface area contributed by atoms with Crippen molar-refractivity contribution in [1.82, 2.24) is 4.90 Å². The van der Waals surface area contributed by atoms with E-state index in [1.165, 1.54) is 4.90 Å². The fourth-order valence-electron chi connectivity index (χ4n) is 2.71. The van der Waals surface area contributed by atoms with E-state index < -0.39 is 12.0 Å². The Morgan fingerprint density at radius 3 is 2.86 bits per heavy atom. The number of carbonyl (C=O) groups is 2. The van der Waals surface area contributed by atoms with E-state index in [9.17, 15) is 9.59 Å². The molecule has 114 valence electrons. The van der Waals surface area contributed by atoms with Gasteiger partial charge in [-0.1, -0.05) is 18.2 Å². The molecule has 1 aliphatic rings. The number of amides is 1. The van der Waals surface area contributed by atoms with Crippen LogP contribution in [-0.2, 0) is 16.0 Å². The Morgan fingerprint density at radius 2 is 2.14 bits per heavy atom. The summed E-state index contributed by atoms with van der Waals surface area (Å²) >= 11 is 0. The van der Waals surface area contributed by atoms with Crippen molar-refractivity contribution in [2.45, 2.75) is 38.6 Å². The molecule has 1 amide bonds. The lowest BCUT2D eigenvalue weighted by molar-refractivity contribution is -0.148. The highest BCUT2D eigenvalue weighted by Crippen LogP contribution is 2.22. The number of carbonyl (C=O) groups excluding carboxylic acids is 1. The number of carboxylic acid groups (broad SMARTS) is 1. The van der Waals surface area contributed by atoms with Crippen molar-refractivity contribution in [1.29, 1.82) is 0 Å². The number of ether oxygens (including phenoxy) is 1. The molecule has 2 rings (SSSR count). The monoisotopic (exact) mass is 291 g/mol. The van der Waals surface area contributed by atoms with Gasteiger partial charge < -0.3 is 14.7 Å². The van der Waals surface area contributed by atoms with Gasteiger partial charge in [-0.2, -0.15) is 0 Å². The van der Waals surface area contributed by atoms with Crippen LogP contribution in [0, 0.1) is 0 Å². The molecule has 1 aliphatic heterocycles. The van der Waals surface area contributed by atoms with Gasteiger partial charge in [-0.05, 0) is 37.8 Å². The Labute approximate surface area is 124 Å². The van der Waals surface area contributed by atoms with Gasteiger partial charge in [0, 0.05) is 13.0 Å². The maximum Gasteiger partial charge on any atom is 0.326 e. The van der Waals surface area contributed by atoms with E-state index >= 15 is 0 Å². The molecule has 1 heterocycles. The minimum Gasteiger partial charge on any atom is -0.494 e. The van der Waals surface area contributed by atoms with Crippen LogP contribution in [0.5, 0.6) is 5.75 Å². The van der Waals surface area contributed by atoms with E-state index in [1.807, 2.05) is 31.2 Å². The highest BCUT2D eigenvalue weighted by Gasteiger charge is 2.33. The van der Waals surface area contributed by atoms with Crippen LogP contribution in [0.15, 0.2) is 24.3 Å². The number of aryl methyl sites for hydroxylation is 1. The highest BCUT2D eigenvalue weighted by molar-refractivity contribution is 5.84. The molecular formula is C16H21NO4. The summed E-state index contributed by atoms with van der Waals surface area (Å²) in [6.07, 6.45) is 2.19. The van der Waals surface area contributed by atoms with Gasteiger partial charge in [-0.15, -0.1) is 0 Å². The zero-order valence-corrected chi connectivity index (χ0v) is 12.2. The second kappa shape index (κ2) is 7.11. The molecule has 21 heavy (non-hydrogen) atoms. The van der Waals surface area contributed by atoms with Gasteiger partial charge >= 0.3 is 5.97 Å². The summed E-state index contributed by atoms with van der Waals surface area (Å²) in [7, 11) is 0. The number of carboxylic acids is 1. The zero-order valence-electron chi connectivity index (χ0n) is 12.2. The normalized spacial score (nSPS) is 17.8. The van der Waals surface area contributed by atoms with Gasteiger partial charge in [0.2, 0.25) is 5.91 Å². The van der Waals surface area contributed by atoms with E-state index in [0.29, 0.717) is 32.4 Å². The van der Waals surface area contributed by atoms with Crippen LogP contribution in [0.25, 0.3) is 0 Å². The smallest absolute Gasteiger partial charge is 0.326 e. The Morgan fingerprint density at radius 1 is 1.38 bits per heavy atom. The summed E-state index contributed by atoms with van der Waals surface area (Å²) in [6.45, 7) is 3.05. The van der Waals surface area contributed by atoms with Gasteiger partial charge in [0.1, 0.15) is 11.8 Å². The van der Waals surface area contributed by atoms with Crippen molar-refractivity contribution in [3.8, 4) is 5.75 Å². The Bertz CT molecular complexity index is 515. The van der Waals surface area contributed by atoms with Crippen molar-refractivity contribution in [3.63, 3.8) is 0 Å². The van der Waals surface area contributed by atoms with Crippen molar-refractivity contribution in [2.24, 2.45) is 0 Å². The lowest BCUT2D eigenvalue weighted by Gasteiger charge is -2.21. The summed E-state index contributed by atoms with van der Waals surface area (Å²) in [5.74, 6) is -0.203. The molecule has 1 N–H and O–H groups in total. The van der Waals surface area contributed by atoms with Crippen molar-refractivity contribution >= 4 is 11.9 Å². The maximum atomic E-state index is 12.2. The number of para-hydroxylation sites is 1. The summed E-state index contributed by atoms with van der Waals surface area (Å²) in [5.41, 5.74) is 0.985. The predicted molar refractivity (Wildman–Crippen MR) is 78.3 cm³/mol. The Hall–Kier alpha value is -2.04. The van der Waals surface area contributed by atoms with Crippen LogP contribution < -0.4 is 4.74 Å². The van der Waals surface area contributed by atoms with Crippen LogP contribution >= 0.6 is 0 Å². The van der Waals surface area contributed by atoms with Crippen molar-refractivity contribution in [3.05, 3.63) is 29.8 Å². The van der Waals surface area contributed by atoms with Gasteiger partial charge in [-0.3, -0.25) is 4.79 Å². The predicted octanol–water partition coefficient (Wildman–Crippen LogP) is 2.09. The maximum absolute atomic E-state index is 12.2. The number of aliphatic carboxylic acids is 1. The number of likely N-dealkylation sites (tertiary alicyclic amines) is 1. The minimum absolute atomic E-state index is 0.0915. The van der Waals surface area contributed by atoms with Crippen molar-refractivity contribution in [2.75, 3.05) is 13.2 Å². The molecular weight excluding hydrogens is 270 g/mol. The molecule has 1 fully saturated rings. The molecule has 5 nitrogen and oxygen atoms in total. The quantitative estimate of drug-likeness (QED) is 0.871. The molecule has 1 unspecified atom stereocenters. The Balaban J connectivity index is 1.96. The molecule has 5 heteroatoms. The Kier molecular flexibility index (Phi) is 5.20. The first-order chi connectivity index (χ1) is 10.1. The fourth-order valence-corrected chi connectivity index (χ4v) is 2.71. The van der Waals surface area contributed by atoms with E-state index in [1.54, 1.807) is 0 Å². The zero-order chi connectivity index (χ0) is 15.2. The number of nitrogens with zero attached hydrogens (tertiary/aromatic N) is 1. The van der Waals surface area contributed by atoms with Gasteiger partial charge in [0.25, 0.3) is 0 Å². The topological polar surface area (TPSA) is 66.8 Å². The number of benzene rings is 1.